The average Bonchev–Trinajstić information content (AvgIpc) is 2.27. The minimum Gasteiger partial charge on any atom is -0.411 e. The maximum atomic E-state index is 11.9. The van der Waals surface area contributed by atoms with Gasteiger partial charge < -0.3 is 9.74 Å². The summed E-state index contributed by atoms with van der Waals surface area (Å²) in [4.78, 5) is 11.9. The van der Waals surface area contributed by atoms with Crippen molar-refractivity contribution >= 4 is 14.2 Å². The molecule has 0 radical (unpaired) electrons. The van der Waals surface area contributed by atoms with Gasteiger partial charge in [-0.05, 0) is 38.9 Å². The second kappa shape index (κ2) is 4.09. The summed E-state index contributed by atoms with van der Waals surface area (Å²) in [6.45, 7) is 17.1. The van der Waals surface area contributed by atoms with Crippen molar-refractivity contribution in [1.82, 2.24) is 5.32 Å². The zero-order chi connectivity index (χ0) is 13.6. The number of carbonyl (C=O) groups excluding carboxylic acids is 1. The summed E-state index contributed by atoms with van der Waals surface area (Å²) in [5.74, 6) is 0.105. The van der Waals surface area contributed by atoms with Gasteiger partial charge in [0.2, 0.25) is 5.91 Å². The molecule has 1 amide bonds. The number of rotatable bonds is 2. The zero-order valence-corrected chi connectivity index (χ0v) is 13.5. The van der Waals surface area contributed by atoms with Crippen molar-refractivity contribution in [3.8, 4) is 0 Å². The van der Waals surface area contributed by atoms with Crippen LogP contribution in [0.25, 0.3) is 0 Å². The molecule has 1 saturated heterocycles. The molecule has 1 heterocycles. The number of hydrogen-bond donors (Lipinski definition) is 1. The molecule has 100 valence electrons. The Morgan fingerprint density at radius 3 is 2.06 bits per heavy atom. The molecule has 3 nitrogen and oxygen atoms in total. The molecule has 1 rings (SSSR count). The third-order valence-corrected chi connectivity index (χ3v) is 8.79. The lowest BCUT2D eigenvalue weighted by Gasteiger charge is -2.41. The number of nitrogens with one attached hydrogen (secondary N) is 1. The molecule has 17 heavy (non-hydrogen) atoms. The minimum atomic E-state index is -1.82. The van der Waals surface area contributed by atoms with Gasteiger partial charge >= 0.3 is 0 Å². The predicted octanol–water partition coefficient (Wildman–Crippen LogP) is 2.92. The second-order valence-electron chi connectivity index (χ2n) is 7.28. The average molecular weight is 257 g/mol. The normalized spacial score (nSPS) is 29.3. The molecular weight excluding hydrogens is 230 g/mol. The van der Waals surface area contributed by atoms with Crippen molar-refractivity contribution in [2.45, 2.75) is 71.8 Å². The monoisotopic (exact) mass is 257 g/mol. The van der Waals surface area contributed by atoms with Crippen LogP contribution in [0.1, 0.15) is 41.5 Å². The van der Waals surface area contributed by atoms with E-state index in [-0.39, 0.29) is 23.1 Å². The van der Waals surface area contributed by atoms with Gasteiger partial charge in [0, 0.05) is 0 Å². The van der Waals surface area contributed by atoms with Crippen LogP contribution >= 0.6 is 0 Å². The standard InChI is InChI=1S/C13H27NO2Si/c1-9-10(13(5,6)11(15)14-9)16-17(7,8)12(2,3)4/h9-10H,1-8H3,(H,14,15)/t9-,10+/m0/s1. The van der Waals surface area contributed by atoms with E-state index < -0.39 is 13.7 Å². The van der Waals surface area contributed by atoms with Gasteiger partial charge in [0.05, 0.1) is 17.6 Å². The Hall–Kier alpha value is -0.353. The van der Waals surface area contributed by atoms with Crippen LogP contribution < -0.4 is 5.32 Å². The first-order valence-corrected chi connectivity index (χ1v) is 9.29. The molecule has 1 fully saturated rings. The predicted molar refractivity (Wildman–Crippen MR) is 73.5 cm³/mol. The molecule has 0 unspecified atom stereocenters. The highest BCUT2D eigenvalue weighted by Crippen LogP contribution is 2.41. The molecule has 0 aromatic heterocycles. The Morgan fingerprint density at radius 2 is 1.76 bits per heavy atom. The maximum Gasteiger partial charge on any atom is 0.228 e. The molecule has 0 bridgehead atoms. The molecule has 0 spiro atoms. The third-order valence-electron chi connectivity index (χ3n) is 4.34. The van der Waals surface area contributed by atoms with Crippen LogP contribution in [0.5, 0.6) is 0 Å². The topological polar surface area (TPSA) is 38.3 Å². The van der Waals surface area contributed by atoms with E-state index in [1.807, 2.05) is 20.8 Å². The highest BCUT2D eigenvalue weighted by molar-refractivity contribution is 6.74. The first-order chi connectivity index (χ1) is 7.39. The van der Waals surface area contributed by atoms with Gasteiger partial charge in [-0.25, -0.2) is 0 Å². The lowest BCUT2D eigenvalue weighted by molar-refractivity contribution is -0.128. The summed E-state index contributed by atoms with van der Waals surface area (Å²) in [5, 5.41) is 3.16. The molecule has 0 saturated carbocycles. The summed E-state index contributed by atoms with van der Waals surface area (Å²) in [6.07, 6.45) is -0.0177. The number of amides is 1. The van der Waals surface area contributed by atoms with Crippen LogP contribution in [-0.2, 0) is 9.22 Å². The van der Waals surface area contributed by atoms with E-state index in [1.165, 1.54) is 0 Å². The van der Waals surface area contributed by atoms with Gasteiger partial charge in [-0.2, -0.15) is 0 Å². The summed E-state index contributed by atoms with van der Waals surface area (Å²) >= 11 is 0. The number of carbonyl (C=O) groups is 1. The highest BCUT2D eigenvalue weighted by Gasteiger charge is 2.51. The van der Waals surface area contributed by atoms with E-state index in [0.29, 0.717) is 0 Å². The van der Waals surface area contributed by atoms with Gasteiger partial charge in [-0.3, -0.25) is 4.79 Å². The quantitative estimate of drug-likeness (QED) is 0.773. The Morgan fingerprint density at radius 1 is 1.29 bits per heavy atom. The smallest absolute Gasteiger partial charge is 0.228 e. The Balaban J connectivity index is 2.92. The molecule has 1 aliphatic heterocycles. The molecule has 0 aromatic carbocycles. The van der Waals surface area contributed by atoms with Gasteiger partial charge in [0.25, 0.3) is 0 Å². The zero-order valence-electron chi connectivity index (χ0n) is 12.5. The van der Waals surface area contributed by atoms with Gasteiger partial charge in [-0.15, -0.1) is 0 Å². The fourth-order valence-corrected chi connectivity index (χ4v) is 3.45. The van der Waals surface area contributed by atoms with E-state index >= 15 is 0 Å². The van der Waals surface area contributed by atoms with Crippen LogP contribution in [0.3, 0.4) is 0 Å². The van der Waals surface area contributed by atoms with Crippen molar-refractivity contribution in [1.29, 1.82) is 0 Å². The lowest BCUT2D eigenvalue weighted by atomic mass is 9.87. The van der Waals surface area contributed by atoms with Crippen molar-refractivity contribution < 1.29 is 9.22 Å². The van der Waals surface area contributed by atoms with Gasteiger partial charge in [0.15, 0.2) is 8.32 Å². The minimum absolute atomic E-state index is 0.0177. The van der Waals surface area contributed by atoms with Gasteiger partial charge in [-0.1, -0.05) is 20.8 Å². The van der Waals surface area contributed by atoms with Crippen LogP contribution in [-0.4, -0.2) is 26.4 Å². The molecule has 4 heteroatoms. The summed E-state index contributed by atoms with van der Waals surface area (Å²) < 4.78 is 6.42. The Bertz CT molecular complexity index is 318. The van der Waals surface area contributed by atoms with Crippen LogP contribution in [0.15, 0.2) is 0 Å². The fraction of sp³-hybridized carbons (Fsp3) is 0.923. The van der Waals surface area contributed by atoms with E-state index in [2.05, 4.69) is 39.2 Å². The van der Waals surface area contributed by atoms with Crippen molar-refractivity contribution in [3.05, 3.63) is 0 Å². The van der Waals surface area contributed by atoms with Crippen LogP contribution in [0.2, 0.25) is 18.1 Å². The molecule has 2 atom stereocenters. The molecule has 1 aliphatic rings. The summed E-state index contributed by atoms with van der Waals surface area (Å²) in [6, 6.07) is 0.103. The lowest BCUT2D eigenvalue weighted by Crippen LogP contribution is -2.49. The van der Waals surface area contributed by atoms with E-state index in [9.17, 15) is 4.79 Å². The van der Waals surface area contributed by atoms with Crippen LogP contribution in [0.4, 0.5) is 0 Å². The molecule has 1 N–H and O–H groups in total. The van der Waals surface area contributed by atoms with Gasteiger partial charge in [0.1, 0.15) is 0 Å². The molecule has 0 aromatic rings. The van der Waals surface area contributed by atoms with Crippen molar-refractivity contribution in [3.63, 3.8) is 0 Å². The first-order valence-electron chi connectivity index (χ1n) is 6.38. The van der Waals surface area contributed by atoms with Crippen molar-refractivity contribution in [2.24, 2.45) is 5.41 Å². The van der Waals surface area contributed by atoms with Crippen LogP contribution in [0, 0.1) is 5.41 Å². The molecule has 0 aliphatic carbocycles. The Labute approximate surface area is 106 Å². The summed E-state index contributed by atoms with van der Waals surface area (Å²) in [5.41, 5.74) is -0.422. The van der Waals surface area contributed by atoms with Crippen molar-refractivity contribution in [2.75, 3.05) is 0 Å². The number of hydrogen-bond acceptors (Lipinski definition) is 2. The maximum absolute atomic E-state index is 11.9. The largest absolute Gasteiger partial charge is 0.411 e. The Kier molecular flexibility index (Phi) is 3.54. The second-order valence-corrected chi connectivity index (χ2v) is 12.0. The highest BCUT2D eigenvalue weighted by atomic mass is 28.4. The van der Waals surface area contributed by atoms with E-state index in [0.717, 1.165) is 0 Å². The van der Waals surface area contributed by atoms with E-state index in [1.54, 1.807) is 0 Å². The first kappa shape index (κ1) is 14.7. The summed E-state index contributed by atoms with van der Waals surface area (Å²) in [7, 11) is -1.82. The fourth-order valence-electron chi connectivity index (χ4n) is 1.97. The molecular formula is C13H27NO2Si. The van der Waals surface area contributed by atoms with E-state index in [4.69, 9.17) is 4.43 Å². The SMILES string of the molecule is C[C@@H]1NC(=O)C(C)(C)[C@@H]1O[Si](C)(C)C(C)(C)C. The third kappa shape index (κ3) is 2.57.